The van der Waals surface area contributed by atoms with Crippen LogP contribution in [0.3, 0.4) is 0 Å². The summed E-state index contributed by atoms with van der Waals surface area (Å²) in [4.78, 5) is 0. The lowest BCUT2D eigenvalue weighted by Gasteiger charge is -2.02. The lowest BCUT2D eigenvalue weighted by molar-refractivity contribution is 0.601. The van der Waals surface area contributed by atoms with Gasteiger partial charge in [0.15, 0.2) is 0 Å². The first-order valence-corrected chi connectivity index (χ1v) is 4.41. The summed E-state index contributed by atoms with van der Waals surface area (Å²) in [5.41, 5.74) is 0.929. The van der Waals surface area contributed by atoms with Crippen molar-refractivity contribution in [1.82, 2.24) is 15.1 Å². The number of rotatable bonds is 4. The first kappa shape index (κ1) is 9.75. The van der Waals surface area contributed by atoms with Gasteiger partial charge in [0.25, 0.3) is 0 Å². The lowest BCUT2D eigenvalue weighted by Crippen LogP contribution is -2.13. The highest BCUT2D eigenvalue weighted by Crippen LogP contribution is 2.09. The molecule has 0 saturated heterocycles. The summed E-state index contributed by atoms with van der Waals surface area (Å²) in [5, 5.41) is 15.8. The van der Waals surface area contributed by atoms with Crippen molar-refractivity contribution in [3.05, 3.63) is 18.0 Å². The van der Waals surface area contributed by atoms with Crippen molar-refractivity contribution in [2.45, 2.75) is 25.9 Å². The molecule has 0 spiro atoms. The molecule has 4 heteroatoms. The molecule has 1 atom stereocenters. The van der Waals surface area contributed by atoms with Crippen molar-refractivity contribution in [2.75, 3.05) is 7.05 Å². The molecule has 0 bridgehead atoms. The zero-order valence-electron chi connectivity index (χ0n) is 7.99. The maximum Gasteiger partial charge on any atom is 0.124 e. The standard InChI is InChI=1S/C9H14N4/c1-3-4-13-7-8(6-12-13)9(5-10)11-2/h6-7,9,11H,3-4H2,1-2H3. The third kappa shape index (κ3) is 2.30. The Morgan fingerprint density at radius 2 is 2.54 bits per heavy atom. The highest BCUT2D eigenvalue weighted by molar-refractivity contribution is 5.17. The molecule has 1 rings (SSSR count). The Balaban J connectivity index is 2.73. The fraction of sp³-hybridized carbons (Fsp3) is 0.556. The second-order valence-electron chi connectivity index (χ2n) is 2.89. The van der Waals surface area contributed by atoms with Gasteiger partial charge in [0.1, 0.15) is 6.04 Å². The molecular formula is C9H14N4. The second-order valence-corrected chi connectivity index (χ2v) is 2.89. The molecule has 1 aromatic heterocycles. The van der Waals surface area contributed by atoms with Crippen molar-refractivity contribution in [2.24, 2.45) is 0 Å². The first-order chi connectivity index (χ1) is 6.31. The van der Waals surface area contributed by atoms with Crippen LogP contribution in [0.15, 0.2) is 12.4 Å². The van der Waals surface area contributed by atoms with Crippen LogP contribution in [-0.2, 0) is 6.54 Å². The lowest BCUT2D eigenvalue weighted by atomic mass is 10.2. The third-order valence-corrected chi connectivity index (χ3v) is 1.86. The number of hydrogen-bond donors (Lipinski definition) is 1. The van der Waals surface area contributed by atoms with Crippen molar-refractivity contribution in [3.8, 4) is 6.07 Å². The summed E-state index contributed by atoms with van der Waals surface area (Å²) in [6.07, 6.45) is 4.70. The highest BCUT2D eigenvalue weighted by Gasteiger charge is 2.09. The zero-order valence-corrected chi connectivity index (χ0v) is 7.99. The Labute approximate surface area is 78.2 Å². The van der Waals surface area contributed by atoms with Gasteiger partial charge < -0.3 is 5.32 Å². The fourth-order valence-electron chi connectivity index (χ4n) is 1.19. The van der Waals surface area contributed by atoms with Crippen LogP contribution in [0.2, 0.25) is 0 Å². The molecule has 1 N–H and O–H groups in total. The Bertz CT molecular complexity index is 297. The number of nitriles is 1. The van der Waals surface area contributed by atoms with E-state index >= 15 is 0 Å². The summed E-state index contributed by atoms with van der Waals surface area (Å²) < 4.78 is 1.86. The average Bonchev–Trinajstić information content (AvgIpc) is 2.56. The van der Waals surface area contributed by atoms with Gasteiger partial charge >= 0.3 is 0 Å². The van der Waals surface area contributed by atoms with E-state index in [9.17, 15) is 0 Å². The van der Waals surface area contributed by atoms with Gasteiger partial charge in [0.05, 0.1) is 12.3 Å². The van der Waals surface area contributed by atoms with E-state index in [2.05, 4.69) is 23.4 Å². The van der Waals surface area contributed by atoms with Crippen molar-refractivity contribution >= 4 is 0 Å². The SMILES string of the molecule is CCCn1cc(C(C#N)NC)cn1. The Morgan fingerprint density at radius 1 is 1.77 bits per heavy atom. The molecule has 0 radical (unpaired) electrons. The largest absolute Gasteiger partial charge is 0.301 e. The number of nitrogens with zero attached hydrogens (tertiary/aromatic N) is 3. The van der Waals surface area contributed by atoms with E-state index in [0.29, 0.717) is 0 Å². The summed E-state index contributed by atoms with van der Waals surface area (Å²) in [7, 11) is 1.77. The van der Waals surface area contributed by atoms with Crippen LogP contribution in [0.25, 0.3) is 0 Å². The molecule has 0 saturated carbocycles. The number of aryl methyl sites for hydroxylation is 1. The van der Waals surface area contributed by atoms with E-state index in [1.807, 2.05) is 10.9 Å². The molecule has 0 aromatic carbocycles. The molecule has 0 aliphatic rings. The maximum absolute atomic E-state index is 8.77. The predicted molar refractivity (Wildman–Crippen MR) is 49.9 cm³/mol. The van der Waals surface area contributed by atoms with Crippen molar-refractivity contribution in [3.63, 3.8) is 0 Å². The summed E-state index contributed by atoms with van der Waals surface area (Å²) >= 11 is 0. The quantitative estimate of drug-likeness (QED) is 0.750. The molecule has 0 fully saturated rings. The van der Waals surface area contributed by atoms with Crippen molar-refractivity contribution < 1.29 is 0 Å². The Hall–Kier alpha value is -1.34. The monoisotopic (exact) mass is 178 g/mol. The molecule has 0 amide bonds. The minimum atomic E-state index is -0.245. The van der Waals surface area contributed by atoms with E-state index in [1.165, 1.54) is 0 Å². The predicted octanol–water partition coefficient (Wildman–Crippen LogP) is 1.08. The topological polar surface area (TPSA) is 53.6 Å². The molecule has 70 valence electrons. The minimum Gasteiger partial charge on any atom is -0.301 e. The molecule has 1 heterocycles. The van der Waals surface area contributed by atoms with Crippen molar-refractivity contribution in [1.29, 1.82) is 5.26 Å². The number of aromatic nitrogens is 2. The van der Waals surface area contributed by atoms with Gasteiger partial charge in [0, 0.05) is 18.3 Å². The maximum atomic E-state index is 8.77. The van der Waals surface area contributed by atoms with Crippen LogP contribution >= 0.6 is 0 Å². The van der Waals surface area contributed by atoms with Crippen LogP contribution in [0.4, 0.5) is 0 Å². The second kappa shape index (κ2) is 4.63. The van der Waals surface area contributed by atoms with Crippen LogP contribution in [0.1, 0.15) is 24.9 Å². The molecule has 13 heavy (non-hydrogen) atoms. The smallest absolute Gasteiger partial charge is 0.124 e. The van der Waals surface area contributed by atoms with E-state index < -0.39 is 0 Å². The number of hydrogen-bond acceptors (Lipinski definition) is 3. The molecular weight excluding hydrogens is 164 g/mol. The Morgan fingerprint density at radius 3 is 3.08 bits per heavy atom. The van der Waals surface area contributed by atoms with Gasteiger partial charge in [-0.2, -0.15) is 10.4 Å². The highest BCUT2D eigenvalue weighted by atomic mass is 15.3. The summed E-state index contributed by atoms with van der Waals surface area (Å²) in [5.74, 6) is 0. The summed E-state index contributed by atoms with van der Waals surface area (Å²) in [6, 6.07) is 1.91. The van der Waals surface area contributed by atoms with Gasteiger partial charge in [-0.1, -0.05) is 6.92 Å². The zero-order chi connectivity index (χ0) is 9.68. The molecule has 1 aromatic rings. The van der Waals surface area contributed by atoms with Gasteiger partial charge in [-0.15, -0.1) is 0 Å². The van der Waals surface area contributed by atoms with Crippen LogP contribution < -0.4 is 5.32 Å². The first-order valence-electron chi connectivity index (χ1n) is 4.41. The van der Waals surface area contributed by atoms with E-state index in [0.717, 1.165) is 18.5 Å². The molecule has 0 aliphatic carbocycles. The fourth-order valence-corrected chi connectivity index (χ4v) is 1.19. The molecule has 0 aliphatic heterocycles. The Kier molecular flexibility index (Phi) is 3.47. The minimum absolute atomic E-state index is 0.245. The normalized spacial score (nSPS) is 12.4. The van der Waals surface area contributed by atoms with Crippen LogP contribution in [0.5, 0.6) is 0 Å². The third-order valence-electron chi connectivity index (χ3n) is 1.86. The van der Waals surface area contributed by atoms with E-state index in [-0.39, 0.29) is 6.04 Å². The van der Waals surface area contributed by atoms with Crippen LogP contribution in [-0.4, -0.2) is 16.8 Å². The molecule has 4 nitrogen and oxygen atoms in total. The number of nitrogens with one attached hydrogen (secondary N) is 1. The van der Waals surface area contributed by atoms with Crippen LogP contribution in [0, 0.1) is 11.3 Å². The van der Waals surface area contributed by atoms with Gasteiger partial charge in [-0.05, 0) is 13.5 Å². The summed E-state index contributed by atoms with van der Waals surface area (Å²) in [6.45, 7) is 3.00. The van der Waals surface area contributed by atoms with Gasteiger partial charge in [-0.3, -0.25) is 4.68 Å². The molecule has 1 unspecified atom stereocenters. The van der Waals surface area contributed by atoms with Gasteiger partial charge in [-0.25, -0.2) is 0 Å². The van der Waals surface area contributed by atoms with Gasteiger partial charge in [0.2, 0.25) is 0 Å². The average molecular weight is 178 g/mol. The van der Waals surface area contributed by atoms with E-state index in [1.54, 1.807) is 13.2 Å². The van der Waals surface area contributed by atoms with E-state index in [4.69, 9.17) is 5.26 Å².